The molecule has 0 spiro atoms. The Morgan fingerprint density at radius 3 is 2.68 bits per heavy atom. The summed E-state index contributed by atoms with van der Waals surface area (Å²) in [4.78, 5) is 27.5. The molecule has 0 saturated heterocycles. The van der Waals surface area contributed by atoms with E-state index in [-0.39, 0.29) is 12.3 Å². The SMILES string of the molecule is CCOC(=O)Nc1nc(CC(=O)NCCc2ccc(OC)cc2)cs1. The van der Waals surface area contributed by atoms with Gasteiger partial charge in [0.1, 0.15) is 5.75 Å². The molecule has 2 rings (SSSR count). The molecule has 0 aliphatic rings. The number of thiazole rings is 1. The van der Waals surface area contributed by atoms with Crippen LogP contribution >= 0.6 is 11.3 Å². The van der Waals surface area contributed by atoms with Crippen molar-refractivity contribution in [2.24, 2.45) is 0 Å². The highest BCUT2D eigenvalue weighted by Crippen LogP contribution is 2.16. The standard InChI is InChI=1S/C17H21N3O4S/c1-3-24-17(22)20-16-19-13(11-25-16)10-15(21)18-9-8-12-4-6-14(23-2)7-5-12/h4-7,11H,3,8-10H2,1-2H3,(H,18,21)(H,19,20,22). The van der Waals surface area contributed by atoms with Crippen LogP contribution < -0.4 is 15.4 Å². The van der Waals surface area contributed by atoms with Gasteiger partial charge in [-0.25, -0.2) is 9.78 Å². The third kappa shape index (κ3) is 6.42. The molecule has 2 amide bonds. The first-order valence-electron chi connectivity index (χ1n) is 7.88. The Hall–Kier alpha value is -2.61. The molecule has 0 aliphatic carbocycles. The van der Waals surface area contributed by atoms with E-state index < -0.39 is 6.09 Å². The van der Waals surface area contributed by atoms with Crippen LogP contribution in [0.25, 0.3) is 0 Å². The lowest BCUT2D eigenvalue weighted by molar-refractivity contribution is -0.120. The van der Waals surface area contributed by atoms with Gasteiger partial charge < -0.3 is 14.8 Å². The maximum absolute atomic E-state index is 12.0. The zero-order chi connectivity index (χ0) is 18.1. The number of ether oxygens (including phenoxy) is 2. The summed E-state index contributed by atoms with van der Waals surface area (Å²) in [7, 11) is 1.63. The molecule has 1 heterocycles. The van der Waals surface area contributed by atoms with E-state index in [4.69, 9.17) is 9.47 Å². The van der Waals surface area contributed by atoms with Gasteiger partial charge in [0, 0.05) is 11.9 Å². The van der Waals surface area contributed by atoms with Crippen LogP contribution in [-0.4, -0.2) is 37.2 Å². The second-order valence-corrected chi connectivity index (χ2v) is 5.97. The minimum absolute atomic E-state index is 0.110. The smallest absolute Gasteiger partial charge is 0.413 e. The lowest BCUT2D eigenvalue weighted by atomic mass is 10.1. The number of benzene rings is 1. The van der Waals surface area contributed by atoms with Crippen molar-refractivity contribution in [3.63, 3.8) is 0 Å². The lowest BCUT2D eigenvalue weighted by Gasteiger charge is -2.05. The molecule has 2 N–H and O–H groups in total. The molecule has 25 heavy (non-hydrogen) atoms. The number of aromatic nitrogens is 1. The van der Waals surface area contributed by atoms with E-state index in [0.717, 1.165) is 17.7 Å². The van der Waals surface area contributed by atoms with Gasteiger partial charge in [-0.3, -0.25) is 10.1 Å². The van der Waals surface area contributed by atoms with E-state index in [2.05, 4.69) is 15.6 Å². The van der Waals surface area contributed by atoms with Crippen LogP contribution in [0.1, 0.15) is 18.2 Å². The molecule has 1 aromatic carbocycles. The molecule has 0 unspecified atom stereocenters. The Balaban J connectivity index is 1.72. The average Bonchev–Trinajstić information content (AvgIpc) is 3.02. The molecule has 0 aliphatic heterocycles. The molecule has 0 atom stereocenters. The largest absolute Gasteiger partial charge is 0.497 e. The van der Waals surface area contributed by atoms with E-state index in [1.54, 1.807) is 19.4 Å². The van der Waals surface area contributed by atoms with E-state index >= 15 is 0 Å². The van der Waals surface area contributed by atoms with Crippen molar-refractivity contribution >= 4 is 28.5 Å². The number of hydrogen-bond donors (Lipinski definition) is 2. The summed E-state index contributed by atoms with van der Waals surface area (Å²) in [6.07, 6.45) is 0.360. The van der Waals surface area contributed by atoms with Gasteiger partial charge in [0.05, 0.1) is 25.8 Å². The first kappa shape index (κ1) is 18.7. The van der Waals surface area contributed by atoms with Crippen molar-refractivity contribution in [1.82, 2.24) is 10.3 Å². The molecule has 8 heteroatoms. The normalized spacial score (nSPS) is 10.2. The lowest BCUT2D eigenvalue weighted by Crippen LogP contribution is -2.27. The highest BCUT2D eigenvalue weighted by atomic mass is 32.1. The van der Waals surface area contributed by atoms with Gasteiger partial charge in [-0.2, -0.15) is 0 Å². The molecule has 0 fully saturated rings. The second kappa shape index (κ2) is 9.63. The highest BCUT2D eigenvalue weighted by molar-refractivity contribution is 7.13. The van der Waals surface area contributed by atoms with Gasteiger partial charge in [-0.15, -0.1) is 11.3 Å². The minimum Gasteiger partial charge on any atom is -0.497 e. The minimum atomic E-state index is -0.549. The molecule has 7 nitrogen and oxygen atoms in total. The number of methoxy groups -OCH3 is 1. The van der Waals surface area contributed by atoms with Gasteiger partial charge in [0.2, 0.25) is 5.91 Å². The quantitative estimate of drug-likeness (QED) is 0.752. The van der Waals surface area contributed by atoms with Crippen molar-refractivity contribution in [2.45, 2.75) is 19.8 Å². The molecular formula is C17H21N3O4S. The zero-order valence-corrected chi connectivity index (χ0v) is 15.0. The van der Waals surface area contributed by atoms with Crippen LogP contribution in [0, 0.1) is 0 Å². The van der Waals surface area contributed by atoms with Crippen molar-refractivity contribution in [3.8, 4) is 5.75 Å². The summed E-state index contributed by atoms with van der Waals surface area (Å²) < 4.78 is 9.88. The number of nitrogens with zero attached hydrogens (tertiary/aromatic N) is 1. The van der Waals surface area contributed by atoms with Gasteiger partial charge >= 0.3 is 6.09 Å². The molecular weight excluding hydrogens is 342 g/mol. The van der Waals surface area contributed by atoms with Gasteiger partial charge in [-0.1, -0.05) is 12.1 Å². The fraction of sp³-hybridized carbons (Fsp3) is 0.353. The molecule has 0 saturated carbocycles. The Morgan fingerprint density at radius 2 is 2.00 bits per heavy atom. The third-order valence-corrected chi connectivity index (χ3v) is 4.08. The summed E-state index contributed by atoms with van der Waals surface area (Å²) in [6, 6.07) is 7.73. The first-order chi connectivity index (χ1) is 12.1. The number of carbonyl (C=O) groups excluding carboxylic acids is 2. The third-order valence-electron chi connectivity index (χ3n) is 3.27. The Morgan fingerprint density at radius 1 is 1.24 bits per heavy atom. The van der Waals surface area contributed by atoms with Crippen LogP contribution in [-0.2, 0) is 22.4 Å². The van der Waals surface area contributed by atoms with Crippen molar-refractivity contribution in [3.05, 3.63) is 40.9 Å². The van der Waals surface area contributed by atoms with Crippen molar-refractivity contribution in [1.29, 1.82) is 0 Å². The van der Waals surface area contributed by atoms with Crippen LogP contribution in [0.3, 0.4) is 0 Å². The van der Waals surface area contributed by atoms with Crippen LogP contribution in [0.4, 0.5) is 9.93 Å². The van der Waals surface area contributed by atoms with Crippen LogP contribution in [0.2, 0.25) is 0 Å². The van der Waals surface area contributed by atoms with E-state index in [1.165, 1.54) is 11.3 Å². The summed E-state index contributed by atoms with van der Waals surface area (Å²) in [5, 5.41) is 7.53. The number of anilines is 1. The van der Waals surface area contributed by atoms with Gasteiger partial charge in [0.15, 0.2) is 5.13 Å². The molecule has 134 valence electrons. The maximum Gasteiger partial charge on any atom is 0.413 e. The number of hydrogen-bond acceptors (Lipinski definition) is 6. The molecule has 1 aromatic heterocycles. The predicted molar refractivity (Wildman–Crippen MR) is 96.2 cm³/mol. The molecule has 0 radical (unpaired) electrons. The zero-order valence-electron chi connectivity index (χ0n) is 14.2. The topological polar surface area (TPSA) is 89.5 Å². The van der Waals surface area contributed by atoms with Crippen LogP contribution in [0.5, 0.6) is 5.75 Å². The van der Waals surface area contributed by atoms with E-state index in [1.807, 2.05) is 24.3 Å². The summed E-state index contributed by atoms with van der Waals surface area (Å²) >= 11 is 1.25. The fourth-order valence-corrected chi connectivity index (χ4v) is 2.76. The Kier molecular flexibility index (Phi) is 7.21. The molecule has 0 bridgehead atoms. The number of rotatable bonds is 8. The van der Waals surface area contributed by atoms with Gasteiger partial charge in [-0.05, 0) is 31.0 Å². The monoisotopic (exact) mass is 363 g/mol. The summed E-state index contributed by atoms with van der Waals surface area (Å²) in [6.45, 7) is 2.56. The Bertz CT molecular complexity index is 700. The highest BCUT2D eigenvalue weighted by Gasteiger charge is 2.10. The Labute approximate surface area is 150 Å². The first-order valence-corrected chi connectivity index (χ1v) is 8.76. The number of amides is 2. The predicted octanol–water partition coefficient (Wildman–Crippen LogP) is 2.62. The second-order valence-electron chi connectivity index (χ2n) is 5.11. The number of carbonyl (C=O) groups is 2. The average molecular weight is 363 g/mol. The molecule has 2 aromatic rings. The van der Waals surface area contributed by atoms with Crippen molar-refractivity contribution in [2.75, 3.05) is 25.6 Å². The van der Waals surface area contributed by atoms with E-state index in [9.17, 15) is 9.59 Å². The summed E-state index contributed by atoms with van der Waals surface area (Å²) in [5.41, 5.74) is 1.73. The van der Waals surface area contributed by atoms with Crippen molar-refractivity contribution < 1.29 is 19.1 Å². The van der Waals surface area contributed by atoms with Crippen LogP contribution in [0.15, 0.2) is 29.6 Å². The number of nitrogens with one attached hydrogen (secondary N) is 2. The fourth-order valence-electron chi connectivity index (χ4n) is 2.07. The maximum atomic E-state index is 12.0. The summed E-state index contributed by atoms with van der Waals surface area (Å²) in [5.74, 6) is 0.699. The van der Waals surface area contributed by atoms with Gasteiger partial charge in [0.25, 0.3) is 0 Å². The van der Waals surface area contributed by atoms with E-state index in [0.29, 0.717) is 24.0 Å².